The summed E-state index contributed by atoms with van der Waals surface area (Å²) < 4.78 is 16.8. The molecule has 270 valence electrons. The quantitative estimate of drug-likeness (QED) is 0.133. The zero-order chi connectivity index (χ0) is 36.5. The summed E-state index contributed by atoms with van der Waals surface area (Å²) in [7, 11) is 0. The molecule has 2 saturated heterocycles. The van der Waals surface area contributed by atoms with Gasteiger partial charge in [-0.05, 0) is 50.3 Å². The van der Waals surface area contributed by atoms with Crippen LogP contribution in [0.4, 0.5) is 4.79 Å². The highest BCUT2D eigenvalue weighted by Gasteiger charge is 2.58. The number of fused-ring (bicyclic) bond motifs is 1. The van der Waals surface area contributed by atoms with Gasteiger partial charge in [0, 0.05) is 12.2 Å². The molecule has 3 N–H and O–H groups in total. The second-order valence-electron chi connectivity index (χ2n) is 13.3. The number of hydrogen-bond acceptors (Lipinski definition) is 10. The number of esters is 2. The van der Waals surface area contributed by atoms with Crippen molar-refractivity contribution in [3.63, 3.8) is 0 Å². The summed E-state index contributed by atoms with van der Waals surface area (Å²) >= 11 is 1.27. The van der Waals surface area contributed by atoms with E-state index in [9.17, 15) is 29.1 Å². The molecule has 2 aliphatic heterocycles. The molecule has 3 aromatic carbocycles. The van der Waals surface area contributed by atoms with Gasteiger partial charge in [-0.15, -0.1) is 11.8 Å². The van der Waals surface area contributed by atoms with Crippen LogP contribution in [0.1, 0.15) is 62.8 Å². The molecule has 2 heterocycles. The third-order valence-corrected chi connectivity index (χ3v) is 9.65. The monoisotopic (exact) mass is 717 g/mol. The summed E-state index contributed by atoms with van der Waals surface area (Å²) in [5, 5.41) is 15.4. The first-order valence-corrected chi connectivity index (χ1v) is 17.9. The van der Waals surface area contributed by atoms with E-state index in [-0.39, 0.29) is 31.6 Å². The number of alkyl carbamates (subject to hydrolysis) is 1. The third kappa shape index (κ3) is 9.89. The number of aliphatic hydroxyl groups excluding tert-OH is 1. The van der Waals surface area contributed by atoms with Gasteiger partial charge >= 0.3 is 18.0 Å². The summed E-state index contributed by atoms with van der Waals surface area (Å²) in [6.07, 6.45) is -2.52. The van der Waals surface area contributed by atoms with Gasteiger partial charge in [-0.1, -0.05) is 91.0 Å². The van der Waals surface area contributed by atoms with E-state index in [0.717, 1.165) is 16.7 Å². The van der Waals surface area contributed by atoms with Crippen LogP contribution >= 0.6 is 11.8 Å². The average Bonchev–Trinajstić information content (AvgIpc) is 3.11. The number of ether oxygens (including phenoxy) is 3. The Morgan fingerprint density at radius 3 is 2.10 bits per heavy atom. The summed E-state index contributed by atoms with van der Waals surface area (Å²) in [4.78, 5) is 66.8. The van der Waals surface area contributed by atoms with E-state index >= 15 is 0 Å². The minimum absolute atomic E-state index is 0.000609. The standard InChI is InChI=1S/C38H43N3O9S/c1-38(2,3)50-37(47)39-27(35(45)49-32(25-16-9-5-10-17-25)26-18-11-6-12-19-26)20-13-21-29(43)40-30-33(44)41-31(28(42)23-51-34(30)41)36(46)48-22-24-14-7-4-8-15-24/h4-12,14-19,27-28,30-32,34,42H,13,20-23H2,1-3H3,(H,39,47)(H,40,43)/t27?,28?,30-,31?,34-/m1/s1. The van der Waals surface area contributed by atoms with Crippen molar-refractivity contribution in [1.82, 2.24) is 15.5 Å². The predicted molar refractivity (Wildman–Crippen MR) is 189 cm³/mol. The van der Waals surface area contributed by atoms with E-state index in [1.165, 1.54) is 16.7 Å². The molecule has 0 radical (unpaired) electrons. The van der Waals surface area contributed by atoms with Gasteiger partial charge in [-0.3, -0.25) is 9.59 Å². The van der Waals surface area contributed by atoms with Gasteiger partial charge in [0.2, 0.25) is 11.8 Å². The second kappa shape index (κ2) is 16.9. The second-order valence-corrected chi connectivity index (χ2v) is 14.5. The van der Waals surface area contributed by atoms with Crippen LogP contribution in [0.5, 0.6) is 0 Å². The number of amides is 3. The molecule has 0 bridgehead atoms. The highest BCUT2D eigenvalue weighted by molar-refractivity contribution is 8.00. The van der Waals surface area contributed by atoms with Crippen LogP contribution in [0.25, 0.3) is 0 Å². The Balaban J connectivity index is 1.18. The number of hydrogen-bond donors (Lipinski definition) is 3. The highest BCUT2D eigenvalue weighted by atomic mass is 32.2. The van der Waals surface area contributed by atoms with Crippen molar-refractivity contribution in [1.29, 1.82) is 0 Å². The van der Waals surface area contributed by atoms with Crippen molar-refractivity contribution in [2.45, 2.75) is 87.9 Å². The van der Waals surface area contributed by atoms with Crippen LogP contribution in [-0.2, 0) is 40.0 Å². The SMILES string of the molecule is CC(C)(C)OC(=O)NC(CCCC(=O)N[C@@H]1C(=O)N2C(C(=O)OCc3ccccc3)C(O)CS[C@H]12)C(=O)OC(c1ccccc1)c1ccccc1. The molecule has 5 atom stereocenters. The molecule has 3 aromatic rings. The molecule has 3 amide bonds. The fourth-order valence-corrected chi connectivity index (χ4v) is 7.19. The molecule has 51 heavy (non-hydrogen) atoms. The lowest BCUT2D eigenvalue weighted by molar-refractivity contribution is -0.172. The Bertz CT molecular complexity index is 1630. The third-order valence-electron chi connectivity index (χ3n) is 8.27. The lowest BCUT2D eigenvalue weighted by Crippen LogP contribution is -2.76. The van der Waals surface area contributed by atoms with Crippen molar-refractivity contribution >= 4 is 41.6 Å². The smallest absolute Gasteiger partial charge is 0.408 e. The number of rotatable bonds is 13. The van der Waals surface area contributed by atoms with Crippen molar-refractivity contribution in [3.05, 3.63) is 108 Å². The fraction of sp³-hybridized carbons (Fsp3) is 0.395. The molecular weight excluding hydrogens is 674 g/mol. The number of nitrogens with one attached hydrogen (secondary N) is 2. The Labute approximate surface area is 301 Å². The van der Waals surface area contributed by atoms with Crippen LogP contribution in [0.3, 0.4) is 0 Å². The number of aliphatic hydroxyl groups is 1. The Morgan fingerprint density at radius 1 is 0.922 bits per heavy atom. The average molecular weight is 718 g/mol. The summed E-state index contributed by atoms with van der Waals surface area (Å²) in [5.74, 6) is -2.18. The highest BCUT2D eigenvalue weighted by Crippen LogP contribution is 2.39. The molecular formula is C38H43N3O9S. The predicted octanol–water partition coefficient (Wildman–Crippen LogP) is 4.26. The molecule has 3 unspecified atom stereocenters. The number of β-lactam (4-membered cyclic amide) rings is 1. The molecule has 0 aliphatic carbocycles. The van der Waals surface area contributed by atoms with Gasteiger partial charge in [-0.25, -0.2) is 14.4 Å². The first kappa shape index (κ1) is 37.4. The van der Waals surface area contributed by atoms with Gasteiger partial charge in [0.05, 0.1) is 6.10 Å². The van der Waals surface area contributed by atoms with E-state index in [1.807, 2.05) is 78.9 Å². The number of carbonyl (C=O) groups excluding carboxylic acids is 5. The van der Waals surface area contributed by atoms with E-state index < -0.39 is 71.2 Å². The van der Waals surface area contributed by atoms with Gasteiger partial charge in [0.15, 0.2) is 12.1 Å². The minimum Gasteiger partial charge on any atom is -0.459 e. The Kier molecular flexibility index (Phi) is 12.4. The summed E-state index contributed by atoms with van der Waals surface area (Å²) in [5.41, 5.74) is 1.44. The summed E-state index contributed by atoms with van der Waals surface area (Å²) in [6.45, 7) is 5.11. The molecule has 13 heteroatoms. The Hall–Kier alpha value is -4.88. The lowest BCUT2D eigenvalue weighted by atomic mass is 9.99. The van der Waals surface area contributed by atoms with Gasteiger partial charge in [0.1, 0.15) is 29.7 Å². The molecule has 0 aromatic heterocycles. The van der Waals surface area contributed by atoms with Gasteiger partial charge < -0.3 is 34.9 Å². The molecule has 2 aliphatic rings. The van der Waals surface area contributed by atoms with E-state index in [0.29, 0.717) is 0 Å². The van der Waals surface area contributed by atoms with Crippen LogP contribution < -0.4 is 10.6 Å². The van der Waals surface area contributed by atoms with Crippen molar-refractivity contribution in [2.24, 2.45) is 0 Å². The minimum atomic E-state index is -1.18. The van der Waals surface area contributed by atoms with E-state index in [2.05, 4.69) is 10.6 Å². The number of benzene rings is 3. The van der Waals surface area contributed by atoms with Crippen molar-refractivity contribution < 1.29 is 43.3 Å². The molecule has 0 spiro atoms. The fourth-order valence-electron chi connectivity index (χ4n) is 5.84. The summed E-state index contributed by atoms with van der Waals surface area (Å²) in [6, 6.07) is 24.3. The zero-order valence-electron chi connectivity index (χ0n) is 28.7. The van der Waals surface area contributed by atoms with Gasteiger partial charge in [0.25, 0.3) is 0 Å². The maximum absolute atomic E-state index is 13.6. The largest absolute Gasteiger partial charge is 0.459 e. The maximum atomic E-state index is 13.6. The first-order chi connectivity index (χ1) is 24.4. The zero-order valence-corrected chi connectivity index (χ0v) is 29.5. The van der Waals surface area contributed by atoms with Crippen molar-refractivity contribution in [3.8, 4) is 0 Å². The molecule has 0 saturated carbocycles. The molecule has 2 fully saturated rings. The van der Waals surface area contributed by atoms with Crippen LogP contribution in [0.2, 0.25) is 0 Å². The topological polar surface area (TPSA) is 161 Å². The van der Waals surface area contributed by atoms with E-state index in [1.54, 1.807) is 32.9 Å². The number of carbonyl (C=O) groups is 5. The first-order valence-electron chi connectivity index (χ1n) is 16.8. The Morgan fingerprint density at radius 2 is 1.51 bits per heavy atom. The molecule has 5 rings (SSSR count). The van der Waals surface area contributed by atoms with E-state index in [4.69, 9.17) is 14.2 Å². The van der Waals surface area contributed by atoms with Crippen LogP contribution in [-0.4, -0.2) is 80.8 Å². The van der Waals surface area contributed by atoms with Crippen LogP contribution in [0, 0.1) is 0 Å². The number of thioether (sulfide) groups is 1. The lowest BCUT2D eigenvalue weighted by Gasteiger charge is -2.53. The van der Waals surface area contributed by atoms with Gasteiger partial charge in [-0.2, -0.15) is 0 Å². The van der Waals surface area contributed by atoms with Crippen molar-refractivity contribution in [2.75, 3.05) is 5.75 Å². The molecule has 12 nitrogen and oxygen atoms in total. The van der Waals surface area contributed by atoms with Crippen LogP contribution in [0.15, 0.2) is 91.0 Å². The normalized spacial score (nSPS) is 20.3. The number of nitrogens with zero attached hydrogens (tertiary/aromatic N) is 1. The maximum Gasteiger partial charge on any atom is 0.408 e.